The van der Waals surface area contributed by atoms with Gasteiger partial charge in [-0.15, -0.1) is 0 Å². The highest BCUT2D eigenvalue weighted by atomic mass is 35.5. The van der Waals surface area contributed by atoms with Crippen LogP contribution in [0.4, 0.5) is 5.69 Å². The summed E-state index contributed by atoms with van der Waals surface area (Å²) in [5, 5.41) is 3.26. The minimum atomic E-state index is -4.12. The van der Waals surface area contributed by atoms with Gasteiger partial charge in [0.05, 0.1) is 10.6 Å². The number of likely N-dealkylation sites (N-methyl/N-ethyl adjacent to an activating group) is 1. The maximum Gasteiger partial charge on any atom is 0.264 e. The zero-order valence-corrected chi connectivity index (χ0v) is 25.3. The van der Waals surface area contributed by atoms with E-state index in [1.807, 2.05) is 32.9 Å². The van der Waals surface area contributed by atoms with Gasteiger partial charge < -0.3 is 10.2 Å². The fraction of sp³-hybridized carbons (Fsp3) is 0.355. The Balaban J connectivity index is 2.08. The van der Waals surface area contributed by atoms with Crippen LogP contribution in [0.1, 0.15) is 56.7 Å². The average Bonchev–Trinajstić information content (AvgIpc) is 2.93. The van der Waals surface area contributed by atoms with Crippen molar-refractivity contribution in [2.24, 2.45) is 0 Å². The van der Waals surface area contributed by atoms with Crippen molar-refractivity contribution in [3.8, 4) is 0 Å². The Kier molecular flexibility index (Phi) is 10.8. The third-order valence-electron chi connectivity index (χ3n) is 6.77. The monoisotopic (exact) mass is 583 g/mol. The number of carbonyl (C=O) groups excluding carboxylic acids is 2. The number of carbonyl (C=O) groups is 2. The van der Waals surface area contributed by atoms with Crippen LogP contribution in [0.2, 0.25) is 5.02 Å². The predicted octanol–water partition coefficient (Wildman–Crippen LogP) is 5.91. The van der Waals surface area contributed by atoms with Gasteiger partial charge in [0.25, 0.3) is 10.0 Å². The minimum absolute atomic E-state index is 0.0544. The molecule has 3 aromatic rings. The summed E-state index contributed by atoms with van der Waals surface area (Å²) in [5.41, 5.74) is 2.99. The molecule has 40 heavy (non-hydrogen) atoms. The molecule has 0 aromatic heterocycles. The number of nitrogens with one attached hydrogen (secondary N) is 1. The Morgan fingerprint density at radius 1 is 0.925 bits per heavy atom. The molecular weight excluding hydrogens is 546 g/mol. The molecule has 0 saturated carbocycles. The first-order valence-corrected chi connectivity index (χ1v) is 15.3. The number of hydrogen-bond donors (Lipinski definition) is 1. The molecule has 0 aliphatic carbocycles. The minimum Gasteiger partial charge on any atom is -0.355 e. The zero-order valence-electron chi connectivity index (χ0n) is 23.7. The van der Waals surface area contributed by atoms with Gasteiger partial charge in [-0.25, -0.2) is 8.42 Å². The van der Waals surface area contributed by atoms with Crippen LogP contribution in [0.25, 0.3) is 0 Å². The third-order valence-corrected chi connectivity index (χ3v) is 8.93. The highest BCUT2D eigenvalue weighted by molar-refractivity contribution is 7.92. The Labute approximate surface area is 243 Å². The number of amides is 2. The number of aryl methyl sites for hydroxylation is 1. The normalized spacial score (nSPS) is 12.2. The average molecular weight is 584 g/mol. The van der Waals surface area contributed by atoms with Crippen LogP contribution in [0.5, 0.6) is 0 Å². The van der Waals surface area contributed by atoms with E-state index in [1.54, 1.807) is 48.5 Å². The fourth-order valence-corrected chi connectivity index (χ4v) is 6.02. The predicted molar refractivity (Wildman–Crippen MR) is 161 cm³/mol. The lowest BCUT2D eigenvalue weighted by Gasteiger charge is -2.33. The van der Waals surface area contributed by atoms with Crippen LogP contribution in [0.15, 0.2) is 77.7 Å². The van der Waals surface area contributed by atoms with Gasteiger partial charge in [0, 0.05) is 18.1 Å². The molecule has 9 heteroatoms. The van der Waals surface area contributed by atoms with E-state index in [0.29, 0.717) is 29.2 Å². The van der Waals surface area contributed by atoms with Crippen LogP contribution >= 0.6 is 11.6 Å². The first-order valence-electron chi connectivity index (χ1n) is 13.5. The SMILES string of the molecule is CCNC(=O)[C@H](CC)N(Cc1ccccc1Cl)C(=O)CN(c1ccc(C(C)C)cc1)S(=O)(=O)c1ccc(C)cc1. The molecule has 7 nitrogen and oxygen atoms in total. The maximum atomic E-state index is 14.1. The smallest absolute Gasteiger partial charge is 0.264 e. The van der Waals surface area contributed by atoms with Gasteiger partial charge in [0.2, 0.25) is 11.8 Å². The number of nitrogens with zero attached hydrogens (tertiary/aromatic N) is 2. The molecule has 0 unspecified atom stereocenters. The van der Waals surface area contributed by atoms with Crippen molar-refractivity contribution in [2.45, 2.75) is 64.4 Å². The molecule has 0 bridgehead atoms. The van der Waals surface area contributed by atoms with Gasteiger partial charge in [-0.1, -0.05) is 80.4 Å². The van der Waals surface area contributed by atoms with Crippen molar-refractivity contribution in [1.82, 2.24) is 10.2 Å². The summed E-state index contributed by atoms with van der Waals surface area (Å²) in [6.45, 7) is 9.58. The van der Waals surface area contributed by atoms with E-state index in [1.165, 1.54) is 17.0 Å². The van der Waals surface area contributed by atoms with Gasteiger partial charge in [-0.3, -0.25) is 13.9 Å². The van der Waals surface area contributed by atoms with Gasteiger partial charge in [-0.2, -0.15) is 0 Å². The topological polar surface area (TPSA) is 86.8 Å². The van der Waals surface area contributed by atoms with E-state index < -0.39 is 28.5 Å². The third kappa shape index (κ3) is 7.43. The first-order chi connectivity index (χ1) is 19.0. The highest BCUT2D eigenvalue weighted by Crippen LogP contribution is 2.27. The molecule has 3 rings (SSSR count). The quantitative estimate of drug-likeness (QED) is 0.287. The van der Waals surface area contributed by atoms with Crippen LogP contribution in [0.3, 0.4) is 0 Å². The van der Waals surface area contributed by atoms with E-state index in [-0.39, 0.29) is 23.3 Å². The van der Waals surface area contributed by atoms with Gasteiger partial charge in [0.1, 0.15) is 12.6 Å². The van der Waals surface area contributed by atoms with E-state index in [9.17, 15) is 18.0 Å². The number of sulfonamides is 1. The summed E-state index contributed by atoms with van der Waals surface area (Å²) >= 11 is 6.42. The summed E-state index contributed by atoms with van der Waals surface area (Å²) < 4.78 is 29.0. The molecule has 0 aliphatic heterocycles. The summed E-state index contributed by atoms with van der Waals surface area (Å²) in [4.78, 5) is 28.6. The molecule has 0 aliphatic rings. The summed E-state index contributed by atoms with van der Waals surface area (Å²) in [6.07, 6.45) is 0.343. The largest absolute Gasteiger partial charge is 0.355 e. The molecular formula is C31H38ClN3O4S. The highest BCUT2D eigenvalue weighted by Gasteiger charge is 2.33. The van der Waals surface area contributed by atoms with Crippen molar-refractivity contribution in [3.05, 3.63) is 94.5 Å². The molecule has 0 saturated heterocycles. The molecule has 0 radical (unpaired) electrons. The van der Waals surface area contributed by atoms with Crippen molar-refractivity contribution in [3.63, 3.8) is 0 Å². The first kappa shape index (κ1) is 31.2. The molecule has 214 valence electrons. The Bertz CT molecular complexity index is 1410. The lowest BCUT2D eigenvalue weighted by atomic mass is 10.0. The second-order valence-corrected chi connectivity index (χ2v) is 12.3. The van der Waals surface area contributed by atoms with E-state index >= 15 is 0 Å². The molecule has 1 N–H and O–H groups in total. The van der Waals surface area contributed by atoms with Gasteiger partial charge >= 0.3 is 0 Å². The van der Waals surface area contributed by atoms with Crippen molar-refractivity contribution in [1.29, 1.82) is 0 Å². The van der Waals surface area contributed by atoms with Gasteiger partial charge in [0.15, 0.2) is 0 Å². The van der Waals surface area contributed by atoms with Crippen molar-refractivity contribution >= 4 is 39.1 Å². The van der Waals surface area contributed by atoms with Crippen LogP contribution in [-0.4, -0.2) is 44.3 Å². The summed E-state index contributed by atoms with van der Waals surface area (Å²) in [7, 11) is -4.12. The maximum absolute atomic E-state index is 14.1. The van der Waals surface area contributed by atoms with Crippen molar-refractivity contribution in [2.75, 3.05) is 17.4 Å². The van der Waals surface area contributed by atoms with E-state index in [2.05, 4.69) is 19.2 Å². The molecule has 1 atom stereocenters. The lowest BCUT2D eigenvalue weighted by molar-refractivity contribution is -0.140. The van der Waals surface area contributed by atoms with Crippen LogP contribution < -0.4 is 9.62 Å². The Hall–Kier alpha value is -3.36. The molecule has 0 heterocycles. The number of anilines is 1. The number of rotatable bonds is 12. The molecule has 2 amide bonds. The van der Waals surface area contributed by atoms with E-state index in [4.69, 9.17) is 11.6 Å². The second-order valence-electron chi connectivity index (χ2n) is 10.0. The van der Waals surface area contributed by atoms with Gasteiger partial charge in [-0.05, 0) is 67.6 Å². The molecule has 0 spiro atoms. The van der Waals surface area contributed by atoms with Crippen LogP contribution in [-0.2, 0) is 26.2 Å². The Morgan fingerprint density at radius 2 is 1.55 bits per heavy atom. The standard InChI is InChI=1S/C31H38ClN3O4S/c1-6-29(31(37)33-7-2)34(20-25-10-8-9-11-28(25)32)30(36)21-35(26-16-14-24(15-17-26)22(3)4)40(38,39)27-18-12-23(5)13-19-27/h8-19,22,29H,6-7,20-21H2,1-5H3,(H,33,37)/t29-/m0/s1. The number of halogens is 1. The number of benzene rings is 3. The second kappa shape index (κ2) is 13.8. The Morgan fingerprint density at radius 3 is 2.10 bits per heavy atom. The molecule has 3 aromatic carbocycles. The van der Waals surface area contributed by atoms with Crippen LogP contribution in [0, 0.1) is 6.92 Å². The fourth-order valence-electron chi connectivity index (χ4n) is 4.41. The lowest BCUT2D eigenvalue weighted by Crippen LogP contribution is -2.52. The molecule has 0 fully saturated rings. The van der Waals surface area contributed by atoms with E-state index in [0.717, 1.165) is 15.4 Å². The number of hydrogen-bond acceptors (Lipinski definition) is 4. The summed E-state index contributed by atoms with van der Waals surface area (Å²) in [6, 6.07) is 20.0. The zero-order chi connectivity index (χ0) is 29.4. The summed E-state index contributed by atoms with van der Waals surface area (Å²) in [5.74, 6) is -0.562. The van der Waals surface area contributed by atoms with Crippen molar-refractivity contribution < 1.29 is 18.0 Å².